The molecule has 7 heteroatoms. The number of carbonyl (C=O) groups is 1. The van der Waals surface area contributed by atoms with Crippen LogP contribution in [-0.2, 0) is 10.0 Å². The summed E-state index contributed by atoms with van der Waals surface area (Å²) in [5.41, 5.74) is 0.486. The average Bonchev–Trinajstić information content (AvgIpc) is 2.70. The summed E-state index contributed by atoms with van der Waals surface area (Å²) in [4.78, 5) is 13.3. The van der Waals surface area contributed by atoms with E-state index in [9.17, 15) is 13.2 Å². The van der Waals surface area contributed by atoms with Crippen LogP contribution < -0.4 is 9.04 Å². The Morgan fingerprint density at radius 3 is 2.25 bits per heavy atom. The van der Waals surface area contributed by atoms with E-state index in [1.165, 1.54) is 12.1 Å². The lowest BCUT2D eigenvalue weighted by atomic mass is 10.2. The van der Waals surface area contributed by atoms with Gasteiger partial charge >= 0.3 is 0 Å². The molecule has 0 atom stereocenters. The minimum absolute atomic E-state index is 0.0345. The van der Waals surface area contributed by atoms with Gasteiger partial charge in [-0.05, 0) is 61.5 Å². The van der Waals surface area contributed by atoms with E-state index in [0.29, 0.717) is 16.8 Å². The maximum atomic E-state index is 13.3. The van der Waals surface area contributed by atoms with Crippen LogP contribution in [-0.4, -0.2) is 20.9 Å². The van der Waals surface area contributed by atoms with E-state index in [0.717, 1.165) is 4.31 Å². The molecule has 28 heavy (non-hydrogen) atoms. The first-order chi connectivity index (χ1) is 13.4. The van der Waals surface area contributed by atoms with Gasteiger partial charge in [-0.3, -0.25) is 4.79 Å². The zero-order valence-electron chi connectivity index (χ0n) is 15.1. The van der Waals surface area contributed by atoms with E-state index in [1.807, 2.05) is 6.92 Å². The predicted octanol–water partition coefficient (Wildman–Crippen LogP) is 4.88. The standard InChI is InChI=1S/C21H18BrNO4S/c1-2-27-19-13-11-18(12-14-19)23(21(24)16-7-6-8-17(22)15-16)28(25,26)20-9-4-3-5-10-20/h3-15H,2H2,1H3. The number of carbonyl (C=O) groups excluding carboxylic acids is 1. The van der Waals surface area contributed by atoms with Crippen molar-refractivity contribution >= 4 is 37.5 Å². The lowest BCUT2D eigenvalue weighted by molar-refractivity contribution is 0.101. The van der Waals surface area contributed by atoms with Crippen molar-refractivity contribution in [2.24, 2.45) is 0 Å². The average molecular weight is 460 g/mol. The maximum Gasteiger partial charge on any atom is 0.272 e. The fourth-order valence-electron chi connectivity index (χ4n) is 2.65. The van der Waals surface area contributed by atoms with Crippen molar-refractivity contribution < 1.29 is 17.9 Å². The lowest BCUT2D eigenvalue weighted by Gasteiger charge is -2.23. The molecule has 0 saturated heterocycles. The van der Waals surface area contributed by atoms with Crippen molar-refractivity contribution in [3.63, 3.8) is 0 Å². The molecule has 0 aromatic heterocycles. The first-order valence-corrected chi connectivity index (χ1v) is 10.8. The molecule has 0 radical (unpaired) electrons. The first-order valence-electron chi connectivity index (χ1n) is 8.56. The number of nitrogens with zero attached hydrogens (tertiary/aromatic N) is 1. The summed E-state index contributed by atoms with van der Waals surface area (Å²) in [6, 6.07) is 20.9. The summed E-state index contributed by atoms with van der Waals surface area (Å²) in [5.74, 6) is -0.0486. The minimum Gasteiger partial charge on any atom is -0.494 e. The van der Waals surface area contributed by atoms with E-state index in [4.69, 9.17) is 4.74 Å². The quantitative estimate of drug-likeness (QED) is 0.526. The molecule has 5 nitrogen and oxygen atoms in total. The van der Waals surface area contributed by atoms with Gasteiger partial charge in [0.05, 0.1) is 17.2 Å². The van der Waals surface area contributed by atoms with E-state index in [2.05, 4.69) is 15.9 Å². The molecule has 0 aliphatic rings. The Hall–Kier alpha value is -2.64. The van der Waals surface area contributed by atoms with E-state index in [-0.39, 0.29) is 16.1 Å². The van der Waals surface area contributed by atoms with Crippen LogP contribution in [0.25, 0.3) is 0 Å². The molecule has 144 valence electrons. The molecule has 0 aliphatic heterocycles. The van der Waals surface area contributed by atoms with Crippen LogP contribution >= 0.6 is 15.9 Å². The highest BCUT2D eigenvalue weighted by Crippen LogP contribution is 2.28. The van der Waals surface area contributed by atoms with Gasteiger partial charge in [0.1, 0.15) is 5.75 Å². The highest BCUT2D eigenvalue weighted by Gasteiger charge is 2.31. The van der Waals surface area contributed by atoms with Crippen molar-refractivity contribution in [2.75, 3.05) is 10.9 Å². The van der Waals surface area contributed by atoms with Gasteiger partial charge in [-0.25, -0.2) is 8.42 Å². The Bertz CT molecular complexity index is 1070. The highest BCUT2D eigenvalue weighted by atomic mass is 79.9. The molecule has 0 unspecified atom stereocenters. The third-order valence-electron chi connectivity index (χ3n) is 3.92. The van der Waals surface area contributed by atoms with Crippen LogP contribution in [0.5, 0.6) is 5.75 Å². The molecule has 0 aliphatic carbocycles. The first kappa shape index (κ1) is 20.1. The molecule has 0 spiro atoms. The van der Waals surface area contributed by atoms with Gasteiger partial charge in [0.2, 0.25) is 0 Å². The molecule has 0 fully saturated rings. The summed E-state index contributed by atoms with van der Waals surface area (Å²) in [6.45, 7) is 2.35. The summed E-state index contributed by atoms with van der Waals surface area (Å²) >= 11 is 3.32. The maximum absolute atomic E-state index is 13.3. The van der Waals surface area contributed by atoms with E-state index >= 15 is 0 Å². The second-order valence-electron chi connectivity index (χ2n) is 5.82. The Morgan fingerprint density at radius 1 is 0.964 bits per heavy atom. The molecule has 3 rings (SSSR count). The van der Waals surface area contributed by atoms with E-state index < -0.39 is 15.9 Å². The molecule has 3 aromatic rings. The molecular formula is C21H18BrNO4S. The van der Waals surface area contributed by atoms with Gasteiger partial charge in [0, 0.05) is 10.0 Å². The number of anilines is 1. The number of rotatable bonds is 6. The van der Waals surface area contributed by atoms with Gasteiger partial charge in [0.25, 0.3) is 15.9 Å². The smallest absolute Gasteiger partial charge is 0.272 e. The Labute approximate surface area is 172 Å². The number of benzene rings is 3. The fourth-order valence-corrected chi connectivity index (χ4v) is 4.48. The normalized spacial score (nSPS) is 11.1. The monoisotopic (exact) mass is 459 g/mol. The van der Waals surface area contributed by atoms with Gasteiger partial charge in [-0.2, -0.15) is 4.31 Å². The topological polar surface area (TPSA) is 63.7 Å². The number of halogens is 1. The fraction of sp³-hybridized carbons (Fsp3) is 0.0952. The number of sulfonamides is 1. The van der Waals surface area contributed by atoms with Crippen molar-refractivity contribution in [1.82, 2.24) is 0 Å². The van der Waals surface area contributed by atoms with Crippen molar-refractivity contribution in [2.45, 2.75) is 11.8 Å². The van der Waals surface area contributed by atoms with E-state index in [1.54, 1.807) is 66.7 Å². The van der Waals surface area contributed by atoms with Crippen LogP contribution in [0.2, 0.25) is 0 Å². The molecule has 0 N–H and O–H groups in total. The van der Waals surface area contributed by atoms with Crippen LogP contribution in [0.3, 0.4) is 0 Å². The second-order valence-corrected chi connectivity index (χ2v) is 8.53. The molecule has 3 aromatic carbocycles. The molecule has 1 amide bonds. The third-order valence-corrected chi connectivity index (χ3v) is 6.14. The number of hydrogen-bond donors (Lipinski definition) is 0. The van der Waals surface area contributed by atoms with Gasteiger partial charge in [-0.1, -0.05) is 40.2 Å². The van der Waals surface area contributed by atoms with Crippen molar-refractivity contribution in [1.29, 1.82) is 0 Å². The SMILES string of the molecule is CCOc1ccc(N(C(=O)c2cccc(Br)c2)S(=O)(=O)c2ccccc2)cc1. The zero-order valence-corrected chi connectivity index (χ0v) is 17.5. The van der Waals surface area contributed by atoms with Gasteiger partial charge in [-0.15, -0.1) is 0 Å². The highest BCUT2D eigenvalue weighted by molar-refractivity contribution is 9.10. The van der Waals surface area contributed by atoms with Crippen LogP contribution in [0.4, 0.5) is 5.69 Å². The Balaban J connectivity index is 2.12. The summed E-state index contributed by atoms with van der Waals surface area (Å²) in [5, 5.41) is 0. The molecule has 0 bridgehead atoms. The van der Waals surface area contributed by atoms with Crippen LogP contribution in [0.1, 0.15) is 17.3 Å². The van der Waals surface area contributed by atoms with Gasteiger partial charge < -0.3 is 4.74 Å². The zero-order chi connectivity index (χ0) is 20.1. The summed E-state index contributed by atoms with van der Waals surface area (Å²) < 4.78 is 33.5. The minimum atomic E-state index is -4.11. The Kier molecular flexibility index (Phi) is 6.16. The van der Waals surface area contributed by atoms with Crippen molar-refractivity contribution in [3.05, 3.63) is 88.9 Å². The molecule has 0 heterocycles. The predicted molar refractivity (Wildman–Crippen MR) is 112 cm³/mol. The Morgan fingerprint density at radius 2 is 1.64 bits per heavy atom. The summed E-state index contributed by atoms with van der Waals surface area (Å²) in [7, 11) is -4.11. The second kappa shape index (κ2) is 8.58. The molecular weight excluding hydrogens is 442 g/mol. The van der Waals surface area contributed by atoms with Crippen LogP contribution in [0.15, 0.2) is 88.2 Å². The van der Waals surface area contributed by atoms with Crippen LogP contribution in [0, 0.1) is 0 Å². The lowest BCUT2D eigenvalue weighted by Crippen LogP contribution is -2.37. The van der Waals surface area contributed by atoms with Gasteiger partial charge in [0.15, 0.2) is 0 Å². The number of amides is 1. The third kappa shape index (κ3) is 4.26. The number of hydrogen-bond acceptors (Lipinski definition) is 4. The number of ether oxygens (including phenoxy) is 1. The largest absolute Gasteiger partial charge is 0.494 e. The molecule has 0 saturated carbocycles. The summed E-state index contributed by atoms with van der Waals surface area (Å²) in [6.07, 6.45) is 0. The van der Waals surface area contributed by atoms with Crippen molar-refractivity contribution in [3.8, 4) is 5.75 Å².